The molecule has 0 N–H and O–H groups in total. The van der Waals surface area contributed by atoms with Gasteiger partial charge in [0.25, 0.3) is 0 Å². The van der Waals surface area contributed by atoms with Crippen LogP contribution in [0.15, 0.2) is 45.8 Å². The van der Waals surface area contributed by atoms with Gasteiger partial charge in [0.1, 0.15) is 5.75 Å². The van der Waals surface area contributed by atoms with Crippen LogP contribution in [0.25, 0.3) is 0 Å². The van der Waals surface area contributed by atoms with Gasteiger partial charge < -0.3 is 4.74 Å². The lowest BCUT2D eigenvalue weighted by molar-refractivity contribution is 0.0960. The lowest BCUT2D eigenvalue weighted by atomic mass is 9.85. The molecule has 4 nitrogen and oxygen atoms in total. The van der Waals surface area contributed by atoms with Crippen LogP contribution in [0, 0.1) is 12.8 Å². The molecule has 0 fully saturated rings. The van der Waals surface area contributed by atoms with E-state index < -0.39 is 0 Å². The van der Waals surface area contributed by atoms with E-state index in [2.05, 4.69) is 26.8 Å². The third-order valence-electron chi connectivity index (χ3n) is 4.79. The van der Waals surface area contributed by atoms with Crippen LogP contribution in [-0.4, -0.2) is 29.1 Å². The van der Waals surface area contributed by atoms with Crippen LogP contribution in [0.2, 0.25) is 0 Å². The fraction of sp³-hybridized carbons (Fsp3) is 0.375. The summed E-state index contributed by atoms with van der Waals surface area (Å²) in [5, 5.41) is 0. The summed E-state index contributed by atoms with van der Waals surface area (Å²) in [5.74, 6) is 0.580. The Hall–Kier alpha value is -2.40. The molecule has 1 aliphatic heterocycles. The predicted octanol–water partition coefficient (Wildman–Crippen LogP) is 6.21. The van der Waals surface area contributed by atoms with Gasteiger partial charge in [-0.15, -0.1) is 0 Å². The molecular weight excluding hydrogens is 380 g/mol. The molecule has 152 valence electrons. The monoisotopic (exact) mass is 408 g/mol. The molecule has 0 radical (unpaired) electrons. The summed E-state index contributed by atoms with van der Waals surface area (Å²) in [6.07, 6.45) is 0. The van der Waals surface area contributed by atoms with Crippen molar-refractivity contribution < 1.29 is 9.53 Å². The van der Waals surface area contributed by atoms with Crippen LogP contribution < -0.4 is 4.74 Å². The third-order valence-corrected chi connectivity index (χ3v) is 5.70. The van der Waals surface area contributed by atoms with Crippen LogP contribution in [0.1, 0.15) is 61.7 Å². The van der Waals surface area contributed by atoms with Gasteiger partial charge in [0.2, 0.25) is 0 Å². The van der Waals surface area contributed by atoms with Crippen LogP contribution in [-0.2, 0) is 0 Å². The van der Waals surface area contributed by atoms with Crippen LogP contribution in [0.4, 0.5) is 5.69 Å². The normalized spacial score (nSPS) is 17.1. The Bertz CT molecular complexity index is 999. The quantitative estimate of drug-likeness (QED) is 0.446. The Kier molecular flexibility index (Phi) is 5.99. The van der Waals surface area contributed by atoms with Gasteiger partial charge in [-0.05, 0) is 101 Å². The number of ether oxygens (including phenoxy) is 1. The Morgan fingerprint density at radius 2 is 1.83 bits per heavy atom. The molecule has 3 rings (SSSR count). The standard InChI is InChI=1S/C24H28N2O2S/c1-14-12-19(16(3)26-29-24(4,5)6)22-20(13-14)23(27)15(2)21(25-22)17-8-10-18(28-7)11-9-17/h8-13,15H,1-7H3. The average molecular weight is 409 g/mol. The second-order valence-electron chi connectivity index (χ2n) is 8.40. The summed E-state index contributed by atoms with van der Waals surface area (Å²) in [5.41, 5.74) is 5.96. The minimum atomic E-state index is -0.299. The minimum absolute atomic E-state index is 0.0208. The maximum atomic E-state index is 13.2. The fourth-order valence-corrected chi connectivity index (χ4v) is 3.78. The number of hydrogen-bond acceptors (Lipinski definition) is 5. The van der Waals surface area contributed by atoms with Crippen molar-refractivity contribution in [3.8, 4) is 5.75 Å². The smallest absolute Gasteiger partial charge is 0.173 e. The second kappa shape index (κ2) is 8.15. The Morgan fingerprint density at radius 1 is 1.17 bits per heavy atom. The predicted molar refractivity (Wildman–Crippen MR) is 123 cm³/mol. The van der Waals surface area contributed by atoms with E-state index in [1.807, 2.05) is 51.1 Å². The largest absolute Gasteiger partial charge is 0.497 e. The average Bonchev–Trinajstić information content (AvgIpc) is 2.68. The minimum Gasteiger partial charge on any atom is -0.497 e. The highest BCUT2D eigenvalue weighted by molar-refractivity contribution is 7.99. The van der Waals surface area contributed by atoms with Gasteiger partial charge in [-0.25, -0.2) is 4.40 Å². The Morgan fingerprint density at radius 3 is 2.41 bits per heavy atom. The van der Waals surface area contributed by atoms with E-state index in [0.29, 0.717) is 5.56 Å². The number of benzene rings is 2. The van der Waals surface area contributed by atoms with E-state index in [1.54, 1.807) is 7.11 Å². The van der Waals surface area contributed by atoms with E-state index in [-0.39, 0.29) is 16.4 Å². The molecule has 29 heavy (non-hydrogen) atoms. The number of carbonyl (C=O) groups is 1. The number of rotatable bonds is 4. The van der Waals surface area contributed by atoms with Gasteiger partial charge in [-0.1, -0.05) is 0 Å². The number of ketones is 1. The number of nitrogens with zero attached hydrogens (tertiary/aromatic N) is 2. The summed E-state index contributed by atoms with van der Waals surface area (Å²) in [7, 11) is 1.64. The summed E-state index contributed by atoms with van der Waals surface area (Å²) >= 11 is 1.54. The molecule has 1 atom stereocenters. The molecular formula is C24H28N2O2S. The number of carbonyl (C=O) groups excluding carboxylic acids is 1. The molecule has 1 aliphatic rings. The Labute approximate surface area is 177 Å². The first-order chi connectivity index (χ1) is 13.6. The van der Waals surface area contributed by atoms with E-state index in [0.717, 1.165) is 39.6 Å². The maximum absolute atomic E-state index is 13.2. The van der Waals surface area contributed by atoms with Crippen LogP contribution >= 0.6 is 11.9 Å². The number of hydrogen-bond donors (Lipinski definition) is 0. The topological polar surface area (TPSA) is 51.0 Å². The van der Waals surface area contributed by atoms with E-state index >= 15 is 0 Å². The zero-order chi connectivity index (χ0) is 21.3. The zero-order valence-electron chi connectivity index (χ0n) is 18.2. The first kappa shape index (κ1) is 21.3. The number of fused-ring (bicyclic) bond motifs is 1. The van der Waals surface area contributed by atoms with Crippen molar-refractivity contribution in [2.24, 2.45) is 15.3 Å². The first-order valence-corrected chi connectivity index (χ1v) is 10.5. The van der Waals surface area contributed by atoms with E-state index in [9.17, 15) is 4.79 Å². The number of methoxy groups -OCH3 is 1. The molecule has 1 unspecified atom stereocenters. The lowest BCUT2D eigenvalue weighted by Gasteiger charge is -2.24. The van der Waals surface area contributed by atoms with Crippen molar-refractivity contribution in [1.82, 2.24) is 0 Å². The molecule has 0 saturated heterocycles. The summed E-state index contributed by atoms with van der Waals surface area (Å²) in [4.78, 5) is 18.2. The van der Waals surface area contributed by atoms with Gasteiger partial charge in [0.15, 0.2) is 5.78 Å². The van der Waals surface area contributed by atoms with E-state index in [1.165, 1.54) is 11.9 Å². The maximum Gasteiger partial charge on any atom is 0.173 e. The molecule has 1 heterocycles. The molecule has 0 aromatic heterocycles. The van der Waals surface area contributed by atoms with Gasteiger partial charge >= 0.3 is 0 Å². The molecule has 2 aromatic carbocycles. The van der Waals surface area contributed by atoms with Crippen molar-refractivity contribution in [1.29, 1.82) is 0 Å². The summed E-state index contributed by atoms with van der Waals surface area (Å²) in [6.45, 7) is 12.3. The van der Waals surface area contributed by atoms with Crippen molar-refractivity contribution in [2.75, 3.05) is 7.11 Å². The van der Waals surface area contributed by atoms with E-state index in [4.69, 9.17) is 14.1 Å². The van der Waals surface area contributed by atoms with Gasteiger partial charge in [0, 0.05) is 15.9 Å². The lowest BCUT2D eigenvalue weighted by Crippen LogP contribution is -2.26. The van der Waals surface area contributed by atoms with Crippen molar-refractivity contribution in [3.05, 3.63) is 58.7 Å². The first-order valence-electron chi connectivity index (χ1n) is 9.75. The SMILES string of the molecule is COc1ccc(C2=Nc3c(cc(C)cc3C(C)=NSC(C)(C)C)C(=O)C2C)cc1. The molecule has 0 aliphatic carbocycles. The molecule has 5 heteroatoms. The Balaban J connectivity index is 2.15. The molecule has 2 aromatic rings. The van der Waals surface area contributed by atoms with Crippen LogP contribution in [0.5, 0.6) is 5.75 Å². The van der Waals surface area contributed by atoms with Gasteiger partial charge in [-0.3, -0.25) is 9.79 Å². The highest BCUT2D eigenvalue weighted by atomic mass is 32.2. The second-order valence-corrected chi connectivity index (χ2v) is 9.99. The summed E-state index contributed by atoms with van der Waals surface area (Å²) in [6, 6.07) is 11.7. The number of Topliss-reactive ketones (excluding diaryl/α,β-unsaturated/α-hetero) is 1. The van der Waals surface area contributed by atoms with Gasteiger partial charge in [0.05, 0.1) is 30.1 Å². The molecule has 0 bridgehead atoms. The molecule has 0 spiro atoms. The van der Waals surface area contributed by atoms with Gasteiger partial charge in [-0.2, -0.15) is 0 Å². The number of aryl methyl sites for hydroxylation is 1. The highest BCUT2D eigenvalue weighted by Crippen LogP contribution is 2.36. The summed E-state index contributed by atoms with van der Waals surface area (Å²) < 4.78 is 9.99. The fourth-order valence-electron chi connectivity index (χ4n) is 3.27. The van der Waals surface area contributed by atoms with Crippen LogP contribution in [0.3, 0.4) is 0 Å². The molecule has 0 saturated carbocycles. The highest BCUT2D eigenvalue weighted by Gasteiger charge is 2.31. The molecule has 0 amide bonds. The van der Waals surface area contributed by atoms with Crippen molar-refractivity contribution in [2.45, 2.75) is 46.3 Å². The van der Waals surface area contributed by atoms with Crippen molar-refractivity contribution in [3.63, 3.8) is 0 Å². The zero-order valence-corrected chi connectivity index (χ0v) is 19.0. The van der Waals surface area contributed by atoms with Crippen molar-refractivity contribution >= 4 is 34.8 Å². The number of aliphatic imine (C=N–C) groups is 1. The third kappa shape index (κ3) is 4.61.